The van der Waals surface area contributed by atoms with Gasteiger partial charge in [0.25, 0.3) is 0 Å². The number of amides is 2. The maximum atomic E-state index is 13.1. The zero-order valence-corrected chi connectivity index (χ0v) is 16.1. The van der Waals surface area contributed by atoms with Crippen molar-refractivity contribution in [2.45, 2.75) is 18.4 Å². The maximum Gasteiger partial charge on any atom is 0.240 e. The number of hydrogen-bond acceptors (Lipinski definition) is 2. The fourth-order valence-corrected chi connectivity index (χ4v) is 3.19. The zero-order valence-electron chi connectivity index (χ0n) is 16.1. The number of hydrogen-bond donors (Lipinski definition) is 2. The standard InChI is InChI=1S/C25H24N2O2/c26-24(28)22(18-10-13-19-11-4-1-5-12-19)27-25(29)23(20-14-6-2-7-15-20)21-16-8-3-9-17-21/h1-17,22-23H,18H2,(H2,26,28)(H,27,29)/b13-10+/t22-/m0/s1. The normalized spacial score (nSPS) is 12.0. The smallest absolute Gasteiger partial charge is 0.240 e. The second kappa shape index (κ2) is 10.0. The highest BCUT2D eigenvalue weighted by molar-refractivity contribution is 5.92. The van der Waals surface area contributed by atoms with Gasteiger partial charge in [-0.25, -0.2) is 0 Å². The predicted molar refractivity (Wildman–Crippen MR) is 116 cm³/mol. The monoisotopic (exact) mass is 384 g/mol. The van der Waals surface area contributed by atoms with Crippen molar-refractivity contribution in [1.29, 1.82) is 0 Å². The quantitative estimate of drug-likeness (QED) is 0.618. The van der Waals surface area contributed by atoms with E-state index in [1.165, 1.54) is 0 Å². The Balaban J connectivity index is 1.77. The van der Waals surface area contributed by atoms with Crippen LogP contribution in [0.3, 0.4) is 0 Å². The van der Waals surface area contributed by atoms with Crippen molar-refractivity contribution in [3.05, 3.63) is 114 Å². The first-order valence-electron chi connectivity index (χ1n) is 9.56. The Bertz CT molecular complexity index is 914. The number of primary amides is 1. The van der Waals surface area contributed by atoms with E-state index in [0.29, 0.717) is 6.42 Å². The summed E-state index contributed by atoms with van der Waals surface area (Å²) in [5.41, 5.74) is 8.30. The molecule has 0 saturated carbocycles. The molecule has 0 heterocycles. The molecule has 3 rings (SSSR count). The molecule has 3 aromatic rings. The molecular weight excluding hydrogens is 360 g/mol. The molecule has 0 bridgehead atoms. The van der Waals surface area contributed by atoms with Gasteiger partial charge in [0.1, 0.15) is 6.04 Å². The van der Waals surface area contributed by atoms with Gasteiger partial charge in [0, 0.05) is 0 Å². The first kappa shape index (κ1) is 20.1. The number of benzene rings is 3. The predicted octanol–water partition coefficient (Wildman–Crippen LogP) is 3.89. The number of nitrogens with two attached hydrogens (primary N) is 1. The van der Waals surface area contributed by atoms with Crippen LogP contribution in [0.5, 0.6) is 0 Å². The van der Waals surface area contributed by atoms with Crippen LogP contribution in [0.2, 0.25) is 0 Å². The molecule has 3 aromatic carbocycles. The Hall–Kier alpha value is -3.66. The minimum Gasteiger partial charge on any atom is -0.368 e. The van der Waals surface area contributed by atoms with Gasteiger partial charge < -0.3 is 11.1 Å². The summed E-state index contributed by atoms with van der Waals surface area (Å²) in [4.78, 5) is 25.1. The number of carbonyl (C=O) groups is 2. The summed E-state index contributed by atoms with van der Waals surface area (Å²) < 4.78 is 0. The van der Waals surface area contributed by atoms with E-state index in [1.807, 2.05) is 103 Å². The molecular formula is C25H24N2O2. The number of carbonyl (C=O) groups excluding carboxylic acids is 2. The van der Waals surface area contributed by atoms with Crippen LogP contribution >= 0.6 is 0 Å². The maximum absolute atomic E-state index is 13.1. The Morgan fingerprint density at radius 1 is 0.793 bits per heavy atom. The van der Waals surface area contributed by atoms with Crippen molar-refractivity contribution < 1.29 is 9.59 Å². The summed E-state index contributed by atoms with van der Waals surface area (Å²) in [6.45, 7) is 0. The number of rotatable bonds is 8. The summed E-state index contributed by atoms with van der Waals surface area (Å²) in [6, 6.07) is 28.0. The average molecular weight is 384 g/mol. The van der Waals surface area contributed by atoms with E-state index in [1.54, 1.807) is 0 Å². The third-order valence-electron chi connectivity index (χ3n) is 4.67. The Morgan fingerprint density at radius 3 is 1.76 bits per heavy atom. The van der Waals surface area contributed by atoms with Crippen LogP contribution in [-0.2, 0) is 9.59 Å². The van der Waals surface area contributed by atoms with E-state index < -0.39 is 17.9 Å². The lowest BCUT2D eigenvalue weighted by Crippen LogP contribution is -2.46. The summed E-state index contributed by atoms with van der Waals surface area (Å²) in [5.74, 6) is -1.33. The van der Waals surface area contributed by atoms with Crippen LogP contribution in [0.25, 0.3) is 6.08 Å². The first-order valence-corrected chi connectivity index (χ1v) is 9.56. The second-order valence-corrected chi connectivity index (χ2v) is 6.77. The summed E-state index contributed by atoms with van der Waals surface area (Å²) in [5, 5.41) is 2.84. The molecule has 3 N–H and O–H groups in total. The van der Waals surface area contributed by atoms with Gasteiger partial charge in [0.15, 0.2) is 0 Å². The topological polar surface area (TPSA) is 72.2 Å². The Kier molecular flexibility index (Phi) is 6.95. The van der Waals surface area contributed by atoms with E-state index in [0.717, 1.165) is 16.7 Å². The molecule has 2 amide bonds. The average Bonchev–Trinajstić information content (AvgIpc) is 2.75. The van der Waals surface area contributed by atoms with Crippen molar-refractivity contribution in [3.8, 4) is 0 Å². The highest BCUT2D eigenvalue weighted by atomic mass is 16.2. The minimum absolute atomic E-state index is 0.251. The molecule has 0 fully saturated rings. The molecule has 0 aliphatic rings. The van der Waals surface area contributed by atoms with Crippen LogP contribution in [0.4, 0.5) is 0 Å². The lowest BCUT2D eigenvalue weighted by molar-refractivity contribution is -0.127. The highest BCUT2D eigenvalue weighted by Crippen LogP contribution is 2.25. The van der Waals surface area contributed by atoms with Gasteiger partial charge in [-0.05, 0) is 23.1 Å². The van der Waals surface area contributed by atoms with Gasteiger partial charge in [-0.3, -0.25) is 9.59 Å². The SMILES string of the molecule is NC(=O)[C@H](C/C=C/c1ccccc1)NC(=O)C(c1ccccc1)c1ccccc1. The van der Waals surface area contributed by atoms with Crippen molar-refractivity contribution in [2.24, 2.45) is 5.73 Å². The fourth-order valence-electron chi connectivity index (χ4n) is 3.19. The molecule has 29 heavy (non-hydrogen) atoms. The molecule has 4 nitrogen and oxygen atoms in total. The van der Waals surface area contributed by atoms with Gasteiger partial charge in [0.05, 0.1) is 5.92 Å². The van der Waals surface area contributed by atoms with Crippen molar-refractivity contribution in [2.75, 3.05) is 0 Å². The van der Waals surface area contributed by atoms with Gasteiger partial charge in [-0.15, -0.1) is 0 Å². The van der Waals surface area contributed by atoms with Gasteiger partial charge in [-0.1, -0.05) is 103 Å². The molecule has 0 aromatic heterocycles. The molecule has 0 aliphatic carbocycles. The fraction of sp³-hybridized carbons (Fsp3) is 0.120. The first-order chi connectivity index (χ1) is 14.1. The van der Waals surface area contributed by atoms with Crippen molar-refractivity contribution in [3.63, 3.8) is 0 Å². The molecule has 0 spiro atoms. The third kappa shape index (κ3) is 5.66. The van der Waals surface area contributed by atoms with Crippen LogP contribution in [0, 0.1) is 0 Å². The molecule has 0 radical (unpaired) electrons. The molecule has 0 unspecified atom stereocenters. The largest absolute Gasteiger partial charge is 0.368 e. The van der Waals surface area contributed by atoms with E-state index in [-0.39, 0.29) is 5.91 Å². The van der Waals surface area contributed by atoms with Gasteiger partial charge in [-0.2, -0.15) is 0 Å². The molecule has 0 aliphatic heterocycles. The van der Waals surface area contributed by atoms with E-state index in [4.69, 9.17) is 5.73 Å². The van der Waals surface area contributed by atoms with Crippen molar-refractivity contribution >= 4 is 17.9 Å². The summed E-state index contributed by atoms with van der Waals surface area (Å²) >= 11 is 0. The molecule has 4 heteroatoms. The lowest BCUT2D eigenvalue weighted by atomic mass is 9.90. The van der Waals surface area contributed by atoms with Crippen LogP contribution < -0.4 is 11.1 Å². The molecule has 0 saturated heterocycles. The minimum atomic E-state index is -0.780. The highest BCUT2D eigenvalue weighted by Gasteiger charge is 2.26. The van der Waals surface area contributed by atoms with E-state index in [9.17, 15) is 9.59 Å². The van der Waals surface area contributed by atoms with E-state index in [2.05, 4.69) is 5.32 Å². The van der Waals surface area contributed by atoms with E-state index >= 15 is 0 Å². The lowest BCUT2D eigenvalue weighted by Gasteiger charge is -2.21. The molecule has 1 atom stereocenters. The zero-order chi connectivity index (χ0) is 20.5. The Labute approximate surface area is 171 Å². The Morgan fingerprint density at radius 2 is 1.28 bits per heavy atom. The number of nitrogens with one attached hydrogen (secondary N) is 1. The molecule has 146 valence electrons. The van der Waals surface area contributed by atoms with Gasteiger partial charge in [0.2, 0.25) is 11.8 Å². The van der Waals surface area contributed by atoms with Crippen LogP contribution in [0.1, 0.15) is 29.0 Å². The summed E-state index contributed by atoms with van der Waals surface area (Å²) in [7, 11) is 0. The summed E-state index contributed by atoms with van der Waals surface area (Å²) in [6.07, 6.45) is 4.09. The van der Waals surface area contributed by atoms with Crippen LogP contribution in [0.15, 0.2) is 97.1 Å². The third-order valence-corrected chi connectivity index (χ3v) is 4.67. The van der Waals surface area contributed by atoms with Gasteiger partial charge >= 0.3 is 0 Å². The van der Waals surface area contributed by atoms with Crippen molar-refractivity contribution in [1.82, 2.24) is 5.32 Å². The second-order valence-electron chi connectivity index (χ2n) is 6.77. The van der Waals surface area contributed by atoms with Crippen LogP contribution in [-0.4, -0.2) is 17.9 Å².